The van der Waals surface area contributed by atoms with E-state index in [1.165, 1.54) is 15.3 Å². The van der Waals surface area contributed by atoms with Crippen LogP contribution >= 0.6 is 11.3 Å². The summed E-state index contributed by atoms with van der Waals surface area (Å²) in [4.78, 5) is 9.63. The summed E-state index contributed by atoms with van der Waals surface area (Å²) in [6.45, 7) is 6.62. The van der Waals surface area contributed by atoms with Gasteiger partial charge in [0.1, 0.15) is 0 Å². The van der Waals surface area contributed by atoms with E-state index in [-0.39, 0.29) is 0 Å². The van der Waals surface area contributed by atoms with Gasteiger partial charge in [-0.1, -0.05) is 37.3 Å². The number of hydrogen-bond acceptors (Lipinski definition) is 3. The molecule has 1 atom stereocenters. The van der Waals surface area contributed by atoms with E-state index >= 15 is 0 Å². The Kier molecular flexibility index (Phi) is 7.09. The van der Waals surface area contributed by atoms with Crippen LogP contribution in [0.5, 0.6) is 0 Å². The van der Waals surface area contributed by atoms with Crippen LogP contribution in [0.3, 0.4) is 0 Å². The molecule has 1 N–H and O–H groups in total. The van der Waals surface area contributed by atoms with Crippen molar-refractivity contribution in [2.45, 2.75) is 32.9 Å². The highest BCUT2D eigenvalue weighted by molar-refractivity contribution is 7.11. The van der Waals surface area contributed by atoms with Crippen molar-refractivity contribution in [2.75, 3.05) is 26.7 Å². The Bertz CT molecular complexity index is 698. The second-order valence-corrected chi connectivity index (χ2v) is 7.98. The number of nitrogens with zero attached hydrogens (tertiary/aromatic N) is 2. The van der Waals surface area contributed by atoms with Crippen molar-refractivity contribution in [1.29, 1.82) is 0 Å². The van der Waals surface area contributed by atoms with Gasteiger partial charge in [-0.2, -0.15) is 0 Å². The Labute approximate surface area is 160 Å². The summed E-state index contributed by atoms with van der Waals surface area (Å²) in [5, 5.41) is 3.51. The van der Waals surface area contributed by atoms with Gasteiger partial charge in [0.15, 0.2) is 5.96 Å². The molecule has 4 nitrogen and oxygen atoms in total. The zero-order valence-corrected chi connectivity index (χ0v) is 16.6. The lowest BCUT2D eigenvalue weighted by Crippen LogP contribution is -2.39. The summed E-state index contributed by atoms with van der Waals surface area (Å²) < 4.78 is 5.92. The molecule has 0 bridgehead atoms. The molecule has 0 saturated carbocycles. The molecule has 1 aromatic heterocycles. The van der Waals surface area contributed by atoms with E-state index in [1.54, 1.807) is 0 Å². The smallest absolute Gasteiger partial charge is 0.193 e. The van der Waals surface area contributed by atoms with E-state index in [0.717, 1.165) is 45.0 Å². The lowest BCUT2D eigenvalue weighted by atomic mass is 10.1. The highest BCUT2D eigenvalue weighted by Crippen LogP contribution is 2.19. The molecule has 2 aromatic rings. The summed E-state index contributed by atoms with van der Waals surface area (Å²) in [6, 6.07) is 14.8. The number of hydrogen-bond donors (Lipinski definition) is 1. The minimum atomic E-state index is 0.575. The van der Waals surface area contributed by atoms with Crippen molar-refractivity contribution in [1.82, 2.24) is 10.2 Å². The van der Waals surface area contributed by atoms with Gasteiger partial charge in [-0.05, 0) is 30.5 Å². The Balaban J connectivity index is 1.41. The SMILES string of the molecule is CCc1ccc(CNC(=NC)N2CCC(COCc3ccccc3)C2)s1. The van der Waals surface area contributed by atoms with Crippen LogP contribution in [0.25, 0.3) is 0 Å². The number of thiophene rings is 1. The average molecular weight is 372 g/mol. The van der Waals surface area contributed by atoms with Crippen LogP contribution in [-0.4, -0.2) is 37.6 Å². The van der Waals surface area contributed by atoms with Crippen molar-refractivity contribution in [3.8, 4) is 0 Å². The van der Waals surface area contributed by atoms with Gasteiger partial charge in [0.2, 0.25) is 0 Å². The maximum atomic E-state index is 5.92. The van der Waals surface area contributed by atoms with E-state index in [2.05, 4.69) is 58.5 Å². The van der Waals surface area contributed by atoms with Crippen LogP contribution in [-0.2, 0) is 24.3 Å². The Hall–Kier alpha value is -1.85. The van der Waals surface area contributed by atoms with Gasteiger partial charge < -0.3 is 15.0 Å². The molecule has 1 aromatic carbocycles. The second kappa shape index (κ2) is 9.74. The minimum Gasteiger partial charge on any atom is -0.376 e. The van der Waals surface area contributed by atoms with Crippen LogP contribution in [0.4, 0.5) is 0 Å². The fourth-order valence-corrected chi connectivity index (χ4v) is 4.18. The van der Waals surface area contributed by atoms with Crippen molar-refractivity contribution in [3.05, 3.63) is 57.8 Å². The predicted molar refractivity (Wildman–Crippen MR) is 110 cm³/mol. The highest BCUT2D eigenvalue weighted by Gasteiger charge is 2.25. The number of benzene rings is 1. The van der Waals surface area contributed by atoms with E-state index < -0.39 is 0 Å². The molecule has 1 aliphatic rings. The Morgan fingerprint density at radius 2 is 2.04 bits per heavy atom. The van der Waals surface area contributed by atoms with Crippen LogP contribution in [0, 0.1) is 5.92 Å². The van der Waals surface area contributed by atoms with Gasteiger partial charge in [-0.15, -0.1) is 11.3 Å². The lowest BCUT2D eigenvalue weighted by Gasteiger charge is -2.21. The summed E-state index contributed by atoms with van der Waals surface area (Å²) in [7, 11) is 1.87. The minimum absolute atomic E-state index is 0.575. The van der Waals surface area contributed by atoms with Gasteiger partial charge in [0.05, 0.1) is 19.8 Å². The summed E-state index contributed by atoms with van der Waals surface area (Å²) in [5.74, 6) is 1.58. The average Bonchev–Trinajstić information content (AvgIpc) is 3.33. The predicted octanol–water partition coefficient (Wildman–Crippen LogP) is 3.92. The van der Waals surface area contributed by atoms with Crippen LogP contribution in [0.1, 0.15) is 28.7 Å². The Morgan fingerprint density at radius 3 is 2.77 bits per heavy atom. The third-order valence-electron chi connectivity index (χ3n) is 4.75. The molecule has 1 saturated heterocycles. The molecule has 2 heterocycles. The van der Waals surface area contributed by atoms with Gasteiger partial charge in [-0.25, -0.2) is 0 Å². The van der Waals surface area contributed by atoms with Crippen LogP contribution in [0.15, 0.2) is 47.5 Å². The number of aryl methyl sites for hydroxylation is 1. The van der Waals surface area contributed by atoms with E-state index in [9.17, 15) is 0 Å². The molecule has 3 rings (SSSR count). The first kappa shape index (κ1) is 18.9. The fraction of sp³-hybridized carbons (Fsp3) is 0.476. The quantitative estimate of drug-likeness (QED) is 0.592. The van der Waals surface area contributed by atoms with Crippen LogP contribution < -0.4 is 5.32 Å². The molecular weight excluding hydrogens is 342 g/mol. The topological polar surface area (TPSA) is 36.9 Å². The largest absolute Gasteiger partial charge is 0.376 e. The van der Waals surface area contributed by atoms with Crippen molar-refractivity contribution in [3.63, 3.8) is 0 Å². The third kappa shape index (κ3) is 5.32. The first-order valence-corrected chi connectivity index (χ1v) is 10.2. The first-order chi connectivity index (χ1) is 12.8. The normalized spacial score (nSPS) is 17.7. The number of guanidine groups is 1. The molecule has 1 aliphatic heterocycles. The third-order valence-corrected chi connectivity index (χ3v) is 5.98. The zero-order chi connectivity index (χ0) is 18.2. The van der Waals surface area contributed by atoms with Crippen LogP contribution in [0.2, 0.25) is 0 Å². The molecule has 5 heteroatoms. The van der Waals surface area contributed by atoms with Gasteiger partial charge in [0, 0.05) is 35.8 Å². The molecule has 1 fully saturated rings. The molecule has 0 aliphatic carbocycles. The molecule has 0 radical (unpaired) electrons. The molecule has 26 heavy (non-hydrogen) atoms. The standard InChI is InChI=1S/C21H29N3OS/c1-3-19-9-10-20(26-19)13-23-21(22-2)24-12-11-18(14-24)16-25-15-17-7-5-4-6-8-17/h4-10,18H,3,11-16H2,1-2H3,(H,22,23). The van der Waals surface area contributed by atoms with Gasteiger partial charge in [0.25, 0.3) is 0 Å². The number of aliphatic imine (C=N–C) groups is 1. The molecular formula is C21H29N3OS. The van der Waals surface area contributed by atoms with Crippen molar-refractivity contribution < 1.29 is 4.74 Å². The van der Waals surface area contributed by atoms with Crippen molar-refractivity contribution >= 4 is 17.3 Å². The monoisotopic (exact) mass is 371 g/mol. The summed E-state index contributed by atoms with van der Waals surface area (Å²) in [5.41, 5.74) is 1.24. The number of rotatable bonds is 7. The molecule has 1 unspecified atom stereocenters. The van der Waals surface area contributed by atoms with E-state index in [4.69, 9.17) is 4.74 Å². The lowest BCUT2D eigenvalue weighted by molar-refractivity contribution is 0.0906. The number of nitrogens with one attached hydrogen (secondary N) is 1. The number of likely N-dealkylation sites (tertiary alicyclic amines) is 1. The first-order valence-electron chi connectivity index (χ1n) is 9.43. The highest BCUT2D eigenvalue weighted by atomic mass is 32.1. The van der Waals surface area contributed by atoms with E-state index in [0.29, 0.717) is 12.5 Å². The van der Waals surface area contributed by atoms with Gasteiger partial charge >= 0.3 is 0 Å². The fourth-order valence-electron chi connectivity index (χ4n) is 3.28. The maximum absolute atomic E-state index is 5.92. The molecule has 0 spiro atoms. The summed E-state index contributed by atoms with van der Waals surface area (Å²) in [6.07, 6.45) is 2.27. The van der Waals surface area contributed by atoms with Gasteiger partial charge in [-0.3, -0.25) is 4.99 Å². The second-order valence-electron chi connectivity index (χ2n) is 6.72. The molecule has 140 valence electrons. The van der Waals surface area contributed by atoms with E-state index in [1.807, 2.05) is 24.5 Å². The molecule has 0 amide bonds. The van der Waals surface area contributed by atoms with Crippen molar-refractivity contribution in [2.24, 2.45) is 10.9 Å². The maximum Gasteiger partial charge on any atom is 0.193 e. The zero-order valence-electron chi connectivity index (χ0n) is 15.8. The summed E-state index contributed by atoms with van der Waals surface area (Å²) >= 11 is 1.88. The number of ether oxygens (including phenoxy) is 1. The Morgan fingerprint density at radius 1 is 1.23 bits per heavy atom.